The molecule has 0 saturated heterocycles. The van der Waals surface area contributed by atoms with Crippen LogP contribution in [0, 0.1) is 20.8 Å². The van der Waals surface area contributed by atoms with E-state index in [1.807, 2.05) is 107 Å². The molecule has 1 N–H and O–H groups in total. The van der Waals surface area contributed by atoms with Crippen molar-refractivity contribution in [3.63, 3.8) is 0 Å². The van der Waals surface area contributed by atoms with Gasteiger partial charge >= 0.3 is 0 Å². The lowest BCUT2D eigenvalue weighted by Crippen LogP contribution is -2.52. The van der Waals surface area contributed by atoms with Crippen LogP contribution in [0.5, 0.6) is 0 Å². The number of aryl methyl sites for hydroxylation is 3. The van der Waals surface area contributed by atoms with Crippen LogP contribution in [0.3, 0.4) is 0 Å². The summed E-state index contributed by atoms with van der Waals surface area (Å²) < 4.78 is 27.0. The quantitative estimate of drug-likeness (QED) is 0.260. The number of hydrogen-bond acceptors (Lipinski definition) is 4. The van der Waals surface area contributed by atoms with Crippen molar-refractivity contribution in [3.05, 3.63) is 101 Å². The average molecular weight is 592 g/mol. The smallest absolute Gasteiger partial charge is 0.243 e. The molecule has 0 aliphatic carbocycles. The molecule has 0 heterocycles. The molecule has 0 aliphatic heterocycles. The molecule has 3 aromatic rings. The zero-order chi connectivity index (χ0) is 30.9. The number of amides is 2. The Morgan fingerprint density at radius 3 is 2.21 bits per heavy atom. The van der Waals surface area contributed by atoms with Gasteiger partial charge in [-0.05, 0) is 74.4 Å². The Kier molecular flexibility index (Phi) is 11.7. The standard InChI is InChI=1S/C34H45N3O4S/c1-7-28(5)35-34(39)32(23-29-15-9-8-10-16-29)36(24-30-17-12-11-14-26(30)3)33(38)18-13-21-37(42(6,40)41)31-22-25(2)19-20-27(31)4/h8-12,14-17,19-20,22,28,32H,7,13,18,21,23-24H2,1-6H3,(H,35,39)/t28-,32+/m1/s1. The van der Waals surface area contributed by atoms with Crippen molar-refractivity contribution < 1.29 is 18.0 Å². The number of anilines is 1. The van der Waals surface area contributed by atoms with Crippen LogP contribution in [-0.4, -0.2) is 50.0 Å². The highest BCUT2D eigenvalue weighted by atomic mass is 32.2. The fourth-order valence-electron chi connectivity index (χ4n) is 4.94. The lowest BCUT2D eigenvalue weighted by Gasteiger charge is -2.33. The number of nitrogens with zero attached hydrogens (tertiary/aromatic N) is 2. The number of hydrogen-bond donors (Lipinski definition) is 1. The Balaban J connectivity index is 1.92. The Morgan fingerprint density at radius 2 is 1.57 bits per heavy atom. The minimum atomic E-state index is -3.57. The monoisotopic (exact) mass is 591 g/mol. The van der Waals surface area contributed by atoms with E-state index in [-0.39, 0.29) is 37.4 Å². The van der Waals surface area contributed by atoms with Crippen LogP contribution in [-0.2, 0) is 32.6 Å². The number of carbonyl (C=O) groups is 2. The highest BCUT2D eigenvalue weighted by molar-refractivity contribution is 7.92. The summed E-state index contributed by atoms with van der Waals surface area (Å²) in [5.41, 5.74) is 5.39. The van der Waals surface area contributed by atoms with Gasteiger partial charge in [0.15, 0.2) is 0 Å². The molecule has 0 aromatic heterocycles. The summed E-state index contributed by atoms with van der Waals surface area (Å²) in [6.45, 7) is 10.2. The second-order valence-electron chi connectivity index (χ2n) is 11.2. The van der Waals surface area contributed by atoms with Crippen molar-refractivity contribution in [2.45, 2.75) is 78.9 Å². The third-order valence-corrected chi connectivity index (χ3v) is 8.84. The number of nitrogens with one attached hydrogen (secondary N) is 1. The summed E-state index contributed by atoms with van der Waals surface area (Å²) in [6.07, 6.45) is 2.75. The predicted molar refractivity (Wildman–Crippen MR) is 171 cm³/mol. The number of rotatable bonds is 14. The molecule has 0 unspecified atom stereocenters. The van der Waals surface area contributed by atoms with Crippen molar-refractivity contribution in [2.75, 3.05) is 17.1 Å². The third-order valence-electron chi connectivity index (χ3n) is 7.66. The van der Waals surface area contributed by atoms with Gasteiger partial charge in [0.1, 0.15) is 6.04 Å². The lowest BCUT2D eigenvalue weighted by atomic mass is 10.0. The van der Waals surface area contributed by atoms with Crippen molar-refractivity contribution in [2.24, 2.45) is 0 Å². The van der Waals surface area contributed by atoms with Crippen LogP contribution >= 0.6 is 0 Å². The minimum absolute atomic E-state index is 0.0351. The van der Waals surface area contributed by atoms with E-state index in [4.69, 9.17) is 0 Å². The normalized spacial score (nSPS) is 12.8. The first-order valence-electron chi connectivity index (χ1n) is 14.6. The second-order valence-corrected chi connectivity index (χ2v) is 13.1. The molecule has 3 rings (SSSR count). The molecule has 42 heavy (non-hydrogen) atoms. The average Bonchev–Trinajstić information content (AvgIpc) is 2.95. The number of carbonyl (C=O) groups excluding carboxylic acids is 2. The van der Waals surface area contributed by atoms with E-state index in [2.05, 4.69) is 5.32 Å². The predicted octanol–water partition coefficient (Wildman–Crippen LogP) is 5.71. The molecular formula is C34H45N3O4S. The number of benzene rings is 3. The maximum atomic E-state index is 14.0. The molecule has 0 radical (unpaired) electrons. The van der Waals surface area contributed by atoms with Crippen LogP contribution < -0.4 is 9.62 Å². The van der Waals surface area contributed by atoms with Gasteiger partial charge in [-0.2, -0.15) is 0 Å². The van der Waals surface area contributed by atoms with Gasteiger partial charge < -0.3 is 10.2 Å². The van der Waals surface area contributed by atoms with Gasteiger partial charge in [-0.3, -0.25) is 13.9 Å². The maximum Gasteiger partial charge on any atom is 0.243 e. The van der Waals surface area contributed by atoms with E-state index in [0.717, 1.165) is 34.2 Å². The second kappa shape index (κ2) is 15.0. The summed E-state index contributed by atoms with van der Waals surface area (Å²) in [5.74, 6) is -0.379. The molecule has 8 heteroatoms. The molecule has 0 spiro atoms. The fraction of sp³-hybridized carbons (Fsp3) is 0.412. The fourth-order valence-corrected chi connectivity index (χ4v) is 5.95. The zero-order valence-electron chi connectivity index (χ0n) is 25.8. The molecule has 7 nitrogen and oxygen atoms in total. The van der Waals surface area contributed by atoms with Gasteiger partial charge in [0.05, 0.1) is 11.9 Å². The lowest BCUT2D eigenvalue weighted by molar-refractivity contribution is -0.141. The molecule has 0 fully saturated rings. The largest absolute Gasteiger partial charge is 0.352 e. The van der Waals surface area contributed by atoms with Crippen molar-refractivity contribution in [3.8, 4) is 0 Å². The first-order chi connectivity index (χ1) is 19.9. The molecule has 2 atom stereocenters. The van der Waals surface area contributed by atoms with E-state index >= 15 is 0 Å². The molecule has 0 aliphatic rings. The minimum Gasteiger partial charge on any atom is -0.352 e. The Labute approximate surface area is 252 Å². The Bertz CT molecular complexity index is 1460. The highest BCUT2D eigenvalue weighted by Gasteiger charge is 2.31. The molecule has 226 valence electrons. The van der Waals surface area contributed by atoms with Crippen molar-refractivity contribution in [1.82, 2.24) is 10.2 Å². The third kappa shape index (κ3) is 9.18. The highest BCUT2D eigenvalue weighted by Crippen LogP contribution is 2.25. The van der Waals surface area contributed by atoms with Crippen LogP contribution in [0.15, 0.2) is 72.8 Å². The summed E-state index contributed by atoms with van der Waals surface area (Å²) >= 11 is 0. The van der Waals surface area contributed by atoms with Gasteiger partial charge in [0.2, 0.25) is 21.8 Å². The topological polar surface area (TPSA) is 86.8 Å². The van der Waals surface area contributed by atoms with Crippen LogP contribution in [0.1, 0.15) is 60.9 Å². The summed E-state index contributed by atoms with van der Waals surface area (Å²) in [6, 6.07) is 22.5. The van der Waals surface area contributed by atoms with Crippen LogP contribution in [0.4, 0.5) is 5.69 Å². The Morgan fingerprint density at radius 1 is 0.905 bits per heavy atom. The van der Waals surface area contributed by atoms with E-state index in [1.165, 1.54) is 10.6 Å². The maximum absolute atomic E-state index is 14.0. The van der Waals surface area contributed by atoms with Gasteiger partial charge in [-0.15, -0.1) is 0 Å². The summed E-state index contributed by atoms with van der Waals surface area (Å²) in [4.78, 5) is 29.4. The number of sulfonamides is 1. The Hall–Kier alpha value is -3.65. The van der Waals surface area contributed by atoms with Crippen LogP contribution in [0.25, 0.3) is 0 Å². The van der Waals surface area contributed by atoms with E-state index in [9.17, 15) is 18.0 Å². The zero-order valence-corrected chi connectivity index (χ0v) is 26.6. The van der Waals surface area contributed by atoms with Gasteiger partial charge in [0.25, 0.3) is 0 Å². The molecular weight excluding hydrogens is 546 g/mol. The van der Waals surface area contributed by atoms with Gasteiger partial charge in [0, 0.05) is 32.0 Å². The molecule has 3 aromatic carbocycles. The molecule has 0 saturated carbocycles. The molecule has 2 amide bonds. The van der Waals surface area contributed by atoms with E-state index in [0.29, 0.717) is 18.5 Å². The van der Waals surface area contributed by atoms with E-state index < -0.39 is 16.1 Å². The van der Waals surface area contributed by atoms with E-state index in [1.54, 1.807) is 4.90 Å². The van der Waals surface area contributed by atoms with Crippen molar-refractivity contribution in [1.29, 1.82) is 0 Å². The first-order valence-corrected chi connectivity index (χ1v) is 16.5. The first kappa shape index (κ1) is 32.9. The van der Waals surface area contributed by atoms with Gasteiger partial charge in [-0.1, -0.05) is 73.7 Å². The van der Waals surface area contributed by atoms with Crippen LogP contribution in [0.2, 0.25) is 0 Å². The van der Waals surface area contributed by atoms with Gasteiger partial charge in [-0.25, -0.2) is 8.42 Å². The SMILES string of the molecule is CC[C@@H](C)NC(=O)[C@H](Cc1ccccc1)N(Cc1ccccc1C)C(=O)CCCN(c1cc(C)ccc1C)S(C)(=O)=O. The van der Waals surface area contributed by atoms with Crippen molar-refractivity contribution >= 4 is 27.5 Å². The molecule has 0 bridgehead atoms. The summed E-state index contributed by atoms with van der Waals surface area (Å²) in [7, 11) is -3.57. The summed E-state index contributed by atoms with van der Waals surface area (Å²) in [5, 5.41) is 3.09.